The molecule has 0 aliphatic heterocycles. The van der Waals surface area contributed by atoms with Gasteiger partial charge in [-0.3, -0.25) is 4.79 Å². The minimum atomic E-state index is 0.176. The quantitative estimate of drug-likeness (QED) is 0.688. The van der Waals surface area contributed by atoms with E-state index in [1.54, 1.807) is 0 Å². The Morgan fingerprint density at radius 1 is 1.54 bits per heavy atom. The fourth-order valence-corrected chi connectivity index (χ4v) is 1.86. The van der Waals surface area contributed by atoms with Crippen molar-refractivity contribution < 1.29 is 4.79 Å². The molecule has 76 valence electrons. The van der Waals surface area contributed by atoms with Crippen LogP contribution in [0.4, 0.5) is 0 Å². The molecule has 0 bridgehead atoms. The van der Waals surface area contributed by atoms with Crippen LogP contribution in [0.15, 0.2) is 0 Å². The summed E-state index contributed by atoms with van der Waals surface area (Å²) in [6, 6.07) is 0.242. The molecule has 13 heavy (non-hydrogen) atoms. The van der Waals surface area contributed by atoms with Crippen molar-refractivity contribution >= 4 is 5.91 Å². The van der Waals surface area contributed by atoms with Gasteiger partial charge in [-0.1, -0.05) is 13.3 Å². The molecule has 1 aliphatic rings. The van der Waals surface area contributed by atoms with E-state index in [0.29, 0.717) is 0 Å². The lowest BCUT2D eigenvalue weighted by Gasteiger charge is -2.25. The van der Waals surface area contributed by atoms with Gasteiger partial charge in [0.1, 0.15) is 0 Å². The van der Waals surface area contributed by atoms with Gasteiger partial charge in [0, 0.05) is 18.5 Å². The second-order valence-corrected chi connectivity index (χ2v) is 3.91. The first-order valence-electron chi connectivity index (χ1n) is 5.27. The summed E-state index contributed by atoms with van der Waals surface area (Å²) in [6.45, 7) is 2.86. The van der Waals surface area contributed by atoms with E-state index in [1.807, 2.05) is 0 Å². The number of carbonyl (C=O) groups is 1. The molecule has 0 spiro atoms. The third kappa shape index (κ3) is 3.35. The molecular formula is C10H20N2O. The Balaban J connectivity index is 2.28. The Kier molecular flexibility index (Phi) is 4.22. The van der Waals surface area contributed by atoms with E-state index < -0.39 is 0 Å². The first-order chi connectivity index (χ1) is 6.24. The maximum atomic E-state index is 11.5. The number of nitrogens with two attached hydrogens (primary N) is 1. The fraction of sp³-hybridized carbons (Fsp3) is 0.900. The van der Waals surface area contributed by atoms with Crippen molar-refractivity contribution in [3.05, 3.63) is 0 Å². The maximum absolute atomic E-state index is 11.5. The average Bonchev–Trinajstić information content (AvgIpc) is 2.14. The average molecular weight is 184 g/mol. The lowest BCUT2D eigenvalue weighted by atomic mass is 9.85. The lowest BCUT2D eigenvalue weighted by Crippen LogP contribution is -2.37. The Morgan fingerprint density at radius 3 is 2.92 bits per heavy atom. The molecule has 3 N–H and O–H groups in total. The van der Waals surface area contributed by atoms with E-state index >= 15 is 0 Å². The maximum Gasteiger partial charge on any atom is 0.223 e. The zero-order valence-electron chi connectivity index (χ0n) is 8.38. The minimum Gasteiger partial charge on any atom is -0.356 e. The topological polar surface area (TPSA) is 55.1 Å². The van der Waals surface area contributed by atoms with Crippen LogP contribution in [0, 0.1) is 5.92 Å². The molecule has 0 radical (unpaired) electrons. The summed E-state index contributed by atoms with van der Waals surface area (Å²) in [7, 11) is 0. The van der Waals surface area contributed by atoms with Crippen LogP contribution >= 0.6 is 0 Å². The van der Waals surface area contributed by atoms with E-state index in [1.165, 1.54) is 0 Å². The summed E-state index contributed by atoms with van der Waals surface area (Å²) in [5.41, 5.74) is 5.81. The van der Waals surface area contributed by atoms with Crippen LogP contribution in [0.5, 0.6) is 0 Å². The summed E-state index contributed by atoms with van der Waals surface area (Å²) in [4.78, 5) is 11.5. The number of hydrogen-bond donors (Lipinski definition) is 2. The Labute approximate surface area is 80.1 Å². The Hall–Kier alpha value is -0.570. The van der Waals surface area contributed by atoms with Gasteiger partial charge in [0.05, 0.1) is 0 Å². The van der Waals surface area contributed by atoms with E-state index in [9.17, 15) is 4.79 Å². The minimum absolute atomic E-state index is 0.176. The van der Waals surface area contributed by atoms with Crippen molar-refractivity contribution in [2.75, 3.05) is 6.54 Å². The molecule has 2 unspecified atom stereocenters. The highest BCUT2D eigenvalue weighted by Crippen LogP contribution is 2.22. The van der Waals surface area contributed by atoms with Gasteiger partial charge in [-0.25, -0.2) is 0 Å². The van der Waals surface area contributed by atoms with Gasteiger partial charge in [-0.05, 0) is 25.7 Å². The molecule has 1 amide bonds. The summed E-state index contributed by atoms with van der Waals surface area (Å²) in [5, 5.41) is 2.93. The van der Waals surface area contributed by atoms with Crippen LogP contribution in [0.3, 0.4) is 0 Å². The largest absolute Gasteiger partial charge is 0.356 e. The number of nitrogens with one attached hydrogen (secondary N) is 1. The van der Waals surface area contributed by atoms with Gasteiger partial charge in [-0.2, -0.15) is 0 Å². The number of hydrogen-bond acceptors (Lipinski definition) is 2. The second-order valence-electron chi connectivity index (χ2n) is 3.91. The van der Waals surface area contributed by atoms with Crippen LogP contribution in [0.2, 0.25) is 0 Å². The monoisotopic (exact) mass is 184 g/mol. The molecule has 1 aliphatic carbocycles. The molecule has 0 aromatic rings. The fourth-order valence-electron chi connectivity index (χ4n) is 1.86. The van der Waals surface area contributed by atoms with Gasteiger partial charge in [0.25, 0.3) is 0 Å². The second kappa shape index (κ2) is 5.22. The Morgan fingerprint density at radius 2 is 2.31 bits per heavy atom. The van der Waals surface area contributed by atoms with E-state index in [0.717, 1.165) is 38.6 Å². The SMILES string of the molecule is CCCNC(=O)C1CCCC(N)C1. The van der Waals surface area contributed by atoms with Crippen molar-refractivity contribution in [2.24, 2.45) is 11.7 Å². The van der Waals surface area contributed by atoms with Crippen LogP contribution < -0.4 is 11.1 Å². The number of rotatable bonds is 3. The predicted octanol–water partition coefficient (Wildman–Crippen LogP) is 1.03. The highest BCUT2D eigenvalue weighted by Gasteiger charge is 2.24. The van der Waals surface area contributed by atoms with E-state index in [2.05, 4.69) is 12.2 Å². The van der Waals surface area contributed by atoms with Gasteiger partial charge < -0.3 is 11.1 Å². The first kappa shape index (κ1) is 10.5. The molecule has 0 aromatic heterocycles. The molecule has 1 rings (SSSR count). The highest BCUT2D eigenvalue weighted by atomic mass is 16.1. The van der Waals surface area contributed by atoms with Crippen molar-refractivity contribution in [1.82, 2.24) is 5.32 Å². The van der Waals surface area contributed by atoms with Crippen LogP contribution in [-0.4, -0.2) is 18.5 Å². The van der Waals surface area contributed by atoms with Crippen LogP contribution in [-0.2, 0) is 4.79 Å². The van der Waals surface area contributed by atoms with Crippen LogP contribution in [0.25, 0.3) is 0 Å². The molecule has 0 aromatic carbocycles. The molecule has 1 fully saturated rings. The van der Waals surface area contributed by atoms with Gasteiger partial charge in [0.2, 0.25) is 5.91 Å². The standard InChI is InChI=1S/C10H20N2O/c1-2-6-12-10(13)8-4-3-5-9(11)7-8/h8-9H,2-7,11H2,1H3,(H,12,13). The molecule has 3 nitrogen and oxygen atoms in total. The third-order valence-electron chi connectivity index (χ3n) is 2.63. The molecular weight excluding hydrogens is 164 g/mol. The molecule has 0 saturated heterocycles. The van der Waals surface area contributed by atoms with E-state index in [4.69, 9.17) is 5.73 Å². The summed E-state index contributed by atoms with van der Waals surface area (Å²) in [5.74, 6) is 0.382. The smallest absolute Gasteiger partial charge is 0.223 e. The zero-order valence-corrected chi connectivity index (χ0v) is 8.38. The van der Waals surface area contributed by atoms with Gasteiger partial charge in [-0.15, -0.1) is 0 Å². The van der Waals surface area contributed by atoms with Crippen LogP contribution in [0.1, 0.15) is 39.0 Å². The summed E-state index contributed by atoms with van der Waals surface area (Å²) < 4.78 is 0. The predicted molar refractivity (Wildman–Crippen MR) is 53.2 cm³/mol. The molecule has 0 heterocycles. The number of amides is 1. The molecule has 1 saturated carbocycles. The summed E-state index contributed by atoms with van der Waals surface area (Å²) in [6.07, 6.45) is 5.08. The first-order valence-corrected chi connectivity index (χ1v) is 5.27. The molecule has 2 atom stereocenters. The highest BCUT2D eigenvalue weighted by molar-refractivity contribution is 5.78. The van der Waals surface area contributed by atoms with Crippen molar-refractivity contribution in [3.8, 4) is 0 Å². The normalized spacial score (nSPS) is 28.5. The van der Waals surface area contributed by atoms with Gasteiger partial charge in [0.15, 0.2) is 0 Å². The van der Waals surface area contributed by atoms with Crippen molar-refractivity contribution in [2.45, 2.75) is 45.1 Å². The lowest BCUT2D eigenvalue weighted by molar-refractivity contribution is -0.126. The summed E-state index contributed by atoms with van der Waals surface area (Å²) >= 11 is 0. The number of carbonyl (C=O) groups excluding carboxylic acids is 1. The van der Waals surface area contributed by atoms with Gasteiger partial charge >= 0.3 is 0 Å². The van der Waals surface area contributed by atoms with Crippen molar-refractivity contribution in [3.63, 3.8) is 0 Å². The van der Waals surface area contributed by atoms with E-state index in [-0.39, 0.29) is 17.9 Å². The molecule has 3 heteroatoms. The Bertz CT molecular complexity index is 170. The van der Waals surface area contributed by atoms with Crippen molar-refractivity contribution in [1.29, 1.82) is 0 Å². The zero-order chi connectivity index (χ0) is 9.68. The third-order valence-corrected chi connectivity index (χ3v) is 2.63.